The quantitative estimate of drug-likeness (QED) is 0.748. The predicted octanol–water partition coefficient (Wildman–Crippen LogP) is 3.14. The van der Waals surface area contributed by atoms with Gasteiger partial charge in [-0.1, -0.05) is 13.8 Å². The Labute approximate surface area is 132 Å². The van der Waals surface area contributed by atoms with Gasteiger partial charge in [-0.3, -0.25) is 9.59 Å². The van der Waals surface area contributed by atoms with Crippen molar-refractivity contribution in [2.45, 2.75) is 71.3 Å². The predicted molar refractivity (Wildman–Crippen MR) is 83.1 cm³/mol. The molecule has 1 N–H and O–H groups in total. The molecule has 0 aromatic heterocycles. The summed E-state index contributed by atoms with van der Waals surface area (Å²) in [6.07, 6.45) is 6.60. The van der Waals surface area contributed by atoms with Crippen LogP contribution in [0.25, 0.3) is 0 Å². The van der Waals surface area contributed by atoms with E-state index in [1.165, 1.54) is 0 Å². The minimum Gasteiger partial charge on any atom is -0.393 e. The van der Waals surface area contributed by atoms with Crippen LogP contribution in [-0.4, -0.2) is 22.8 Å². The van der Waals surface area contributed by atoms with Crippen molar-refractivity contribution in [3.63, 3.8) is 0 Å². The molecule has 4 rings (SSSR count). The van der Waals surface area contributed by atoms with E-state index in [2.05, 4.69) is 13.8 Å². The Hall–Kier alpha value is -0.700. The highest BCUT2D eigenvalue weighted by molar-refractivity contribution is 5.86. The molecule has 0 unspecified atom stereocenters. The van der Waals surface area contributed by atoms with Crippen LogP contribution in [0.1, 0.15) is 65.2 Å². The van der Waals surface area contributed by atoms with E-state index in [1.807, 2.05) is 0 Å². The number of ketones is 2. The lowest BCUT2D eigenvalue weighted by molar-refractivity contribution is -0.156. The second kappa shape index (κ2) is 4.66. The van der Waals surface area contributed by atoms with Crippen molar-refractivity contribution in [3.05, 3.63) is 0 Å². The Kier molecular flexibility index (Phi) is 3.15. The summed E-state index contributed by atoms with van der Waals surface area (Å²) in [6.45, 7) is 4.64. The van der Waals surface area contributed by atoms with E-state index in [9.17, 15) is 14.7 Å². The number of aliphatic hydroxyl groups is 1. The lowest BCUT2D eigenvalue weighted by Crippen LogP contribution is -2.56. The van der Waals surface area contributed by atoms with E-state index < -0.39 is 0 Å². The van der Waals surface area contributed by atoms with E-state index in [4.69, 9.17) is 0 Å². The molecular weight excluding hydrogens is 276 g/mol. The molecule has 4 aliphatic carbocycles. The third-order valence-corrected chi connectivity index (χ3v) is 8.03. The molecule has 3 nitrogen and oxygen atoms in total. The van der Waals surface area contributed by atoms with Gasteiger partial charge in [0.1, 0.15) is 11.6 Å². The lowest BCUT2D eigenvalue weighted by Gasteiger charge is -2.58. The van der Waals surface area contributed by atoms with Gasteiger partial charge in [-0.2, -0.15) is 0 Å². The SMILES string of the molecule is C[C@]12CC[C@H]3[C@@H](C(=O)C[C@H]4CC(=O)CC[C@@]43C)[C@@H]1C[C@H](O)C2. The number of aliphatic hydroxyl groups excluding tert-OH is 1. The molecule has 4 saturated carbocycles. The molecule has 0 saturated heterocycles. The molecule has 4 aliphatic rings. The maximum atomic E-state index is 12.9. The molecular formula is C19H28O3. The van der Waals surface area contributed by atoms with Crippen LogP contribution in [-0.2, 0) is 9.59 Å². The Bertz CT molecular complexity index is 527. The fraction of sp³-hybridized carbons (Fsp3) is 0.895. The number of hydrogen-bond acceptors (Lipinski definition) is 3. The molecule has 0 radical (unpaired) electrons. The second-order valence-corrected chi connectivity index (χ2v) is 9.14. The van der Waals surface area contributed by atoms with Gasteiger partial charge in [0.15, 0.2) is 0 Å². The zero-order valence-electron chi connectivity index (χ0n) is 13.8. The first-order valence-corrected chi connectivity index (χ1v) is 9.06. The van der Waals surface area contributed by atoms with Crippen LogP contribution in [0.15, 0.2) is 0 Å². The Morgan fingerprint density at radius 2 is 1.86 bits per heavy atom. The highest BCUT2D eigenvalue weighted by Crippen LogP contribution is 2.65. The summed E-state index contributed by atoms with van der Waals surface area (Å²) in [7, 11) is 0. The number of fused-ring (bicyclic) bond motifs is 5. The topological polar surface area (TPSA) is 54.4 Å². The van der Waals surface area contributed by atoms with Crippen LogP contribution >= 0.6 is 0 Å². The van der Waals surface area contributed by atoms with Gasteiger partial charge in [0.05, 0.1) is 6.10 Å². The zero-order valence-corrected chi connectivity index (χ0v) is 13.8. The van der Waals surface area contributed by atoms with Gasteiger partial charge in [-0.15, -0.1) is 0 Å². The van der Waals surface area contributed by atoms with Crippen LogP contribution in [0.2, 0.25) is 0 Å². The fourth-order valence-corrected chi connectivity index (χ4v) is 6.75. The third-order valence-electron chi connectivity index (χ3n) is 8.03. The molecule has 0 amide bonds. The van der Waals surface area contributed by atoms with Crippen molar-refractivity contribution in [2.24, 2.45) is 34.5 Å². The fourth-order valence-electron chi connectivity index (χ4n) is 6.75. The van der Waals surface area contributed by atoms with E-state index in [0.29, 0.717) is 42.7 Å². The number of carbonyl (C=O) groups is 2. The maximum absolute atomic E-state index is 12.9. The first-order valence-electron chi connectivity index (χ1n) is 9.06. The monoisotopic (exact) mass is 304 g/mol. The maximum Gasteiger partial charge on any atom is 0.136 e. The molecule has 0 aromatic rings. The van der Waals surface area contributed by atoms with E-state index in [-0.39, 0.29) is 28.8 Å². The van der Waals surface area contributed by atoms with Crippen LogP contribution in [0.4, 0.5) is 0 Å². The van der Waals surface area contributed by atoms with Gasteiger partial charge in [0, 0.05) is 25.2 Å². The lowest BCUT2D eigenvalue weighted by atomic mass is 9.45. The Balaban J connectivity index is 1.70. The van der Waals surface area contributed by atoms with Crippen LogP contribution < -0.4 is 0 Å². The van der Waals surface area contributed by atoms with Gasteiger partial charge in [0.2, 0.25) is 0 Å². The first-order chi connectivity index (χ1) is 10.3. The number of carbonyl (C=O) groups excluding carboxylic acids is 2. The van der Waals surface area contributed by atoms with Crippen LogP contribution in [0.3, 0.4) is 0 Å². The highest BCUT2D eigenvalue weighted by Gasteiger charge is 2.61. The van der Waals surface area contributed by atoms with E-state index in [1.54, 1.807) is 0 Å². The molecule has 7 atom stereocenters. The number of rotatable bonds is 0. The molecule has 0 heterocycles. The molecule has 0 aromatic carbocycles. The molecule has 0 bridgehead atoms. The van der Waals surface area contributed by atoms with Crippen LogP contribution in [0.5, 0.6) is 0 Å². The minimum atomic E-state index is -0.222. The summed E-state index contributed by atoms with van der Waals surface area (Å²) in [5.41, 5.74) is 0.325. The first kappa shape index (κ1) is 14.9. The van der Waals surface area contributed by atoms with Crippen molar-refractivity contribution in [3.8, 4) is 0 Å². The molecule has 4 fully saturated rings. The summed E-state index contributed by atoms with van der Waals surface area (Å²) in [6, 6.07) is 0. The van der Waals surface area contributed by atoms with Gasteiger partial charge in [-0.05, 0) is 60.7 Å². The van der Waals surface area contributed by atoms with Crippen molar-refractivity contribution >= 4 is 11.6 Å². The van der Waals surface area contributed by atoms with Crippen LogP contribution in [0, 0.1) is 34.5 Å². The van der Waals surface area contributed by atoms with Crippen molar-refractivity contribution < 1.29 is 14.7 Å². The standard InChI is InChI=1S/C19H28O3/c1-18-5-4-14-17(15(18)9-13(21)10-18)16(22)8-11-7-12(20)3-6-19(11,14)2/h11,13-15,17,21H,3-10H2,1-2H3/t11-,13+,14+,15+,17-,18-,19+/m1/s1. The molecule has 0 aliphatic heterocycles. The second-order valence-electron chi connectivity index (χ2n) is 9.14. The molecule has 0 spiro atoms. The summed E-state index contributed by atoms with van der Waals surface area (Å²) >= 11 is 0. The number of hydrogen-bond donors (Lipinski definition) is 1. The number of Topliss-reactive ketones (excluding diaryl/α,β-unsaturated/α-hetero) is 2. The summed E-state index contributed by atoms with van der Waals surface area (Å²) in [5.74, 6) is 1.97. The molecule has 122 valence electrons. The highest BCUT2D eigenvalue weighted by atomic mass is 16.3. The third kappa shape index (κ3) is 1.90. The average molecular weight is 304 g/mol. The summed E-state index contributed by atoms with van der Waals surface area (Å²) in [5, 5.41) is 10.2. The summed E-state index contributed by atoms with van der Waals surface area (Å²) in [4.78, 5) is 24.8. The Morgan fingerprint density at radius 1 is 1.09 bits per heavy atom. The zero-order chi connectivity index (χ0) is 15.7. The smallest absolute Gasteiger partial charge is 0.136 e. The minimum absolute atomic E-state index is 0.144. The summed E-state index contributed by atoms with van der Waals surface area (Å²) < 4.78 is 0. The average Bonchev–Trinajstić information content (AvgIpc) is 2.75. The van der Waals surface area contributed by atoms with Gasteiger partial charge < -0.3 is 5.11 Å². The van der Waals surface area contributed by atoms with Crippen molar-refractivity contribution in [1.29, 1.82) is 0 Å². The molecule has 3 heteroatoms. The van der Waals surface area contributed by atoms with Crippen molar-refractivity contribution in [1.82, 2.24) is 0 Å². The van der Waals surface area contributed by atoms with E-state index in [0.717, 1.165) is 32.1 Å². The van der Waals surface area contributed by atoms with Gasteiger partial charge >= 0.3 is 0 Å². The Morgan fingerprint density at radius 3 is 2.64 bits per heavy atom. The van der Waals surface area contributed by atoms with Crippen molar-refractivity contribution in [2.75, 3.05) is 0 Å². The van der Waals surface area contributed by atoms with Gasteiger partial charge in [0.25, 0.3) is 0 Å². The van der Waals surface area contributed by atoms with Gasteiger partial charge in [-0.25, -0.2) is 0 Å². The molecule has 22 heavy (non-hydrogen) atoms. The normalized spacial score (nSPS) is 54.6. The van der Waals surface area contributed by atoms with E-state index >= 15 is 0 Å². The largest absolute Gasteiger partial charge is 0.393 e.